The summed E-state index contributed by atoms with van der Waals surface area (Å²) in [5.41, 5.74) is 8.78. The zero-order valence-corrected chi connectivity index (χ0v) is 18.4. The third-order valence-corrected chi connectivity index (χ3v) is 5.82. The van der Waals surface area contributed by atoms with Crippen molar-refractivity contribution < 1.29 is 9.90 Å². The predicted octanol–water partition coefficient (Wildman–Crippen LogP) is 8.00. The van der Waals surface area contributed by atoms with E-state index < -0.39 is 5.97 Å². The maximum absolute atomic E-state index is 10.5. The van der Waals surface area contributed by atoms with E-state index in [4.69, 9.17) is 5.11 Å². The summed E-state index contributed by atoms with van der Waals surface area (Å²) in [6.45, 7) is 15.8. The fraction of sp³-hybridized carbons (Fsp3) is 0.708. The van der Waals surface area contributed by atoms with Crippen LogP contribution in [0.1, 0.15) is 113 Å². The van der Waals surface area contributed by atoms with E-state index in [0.717, 1.165) is 25.7 Å². The molecule has 0 saturated heterocycles. The number of allylic oxidation sites excluding steroid dienone is 6. The summed E-state index contributed by atoms with van der Waals surface area (Å²) in [5, 5.41) is 8.65. The normalized spacial score (nSPS) is 14.6. The number of carboxylic acids is 1. The number of unbranched alkanes of at least 4 members (excludes halogenated alkanes) is 5. The highest BCUT2D eigenvalue weighted by molar-refractivity contribution is 5.66. The Labute approximate surface area is 162 Å². The lowest BCUT2D eigenvalue weighted by atomic mass is 9.91. The van der Waals surface area contributed by atoms with Crippen molar-refractivity contribution in [1.29, 1.82) is 0 Å². The molecule has 0 spiro atoms. The Hall–Kier alpha value is -1.31. The van der Waals surface area contributed by atoms with Crippen LogP contribution in [-0.2, 0) is 4.79 Å². The molecular weight excluding hydrogens is 320 g/mol. The second kappa shape index (κ2) is 13.8. The molecule has 0 bridgehead atoms. The topological polar surface area (TPSA) is 37.3 Å². The van der Waals surface area contributed by atoms with E-state index in [-0.39, 0.29) is 0 Å². The summed E-state index contributed by atoms with van der Waals surface area (Å²) in [6.07, 6.45) is 10.6. The predicted molar refractivity (Wildman–Crippen MR) is 115 cm³/mol. The van der Waals surface area contributed by atoms with Gasteiger partial charge in [-0.15, -0.1) is 0 Å². The summed E-state index contributed by atoms with van der Waals surface area (Å²) in [7, 11) is 0. The van der Waals surface area contributed by atoms with Crippen molar-refractivity contribution in [2.75, 3.05) is 0 Å². The van der Waals surface area contributed by atoms with Crippen molar-refractivity contribution in [3.63, 3.8) is 0 Å². The third kappa shape index (κ3) is 9.99. The maximum Gasteiger partial charge on any atom is 0.303 e. The Morgan fingerprint density at radius 3 is 1.38 bits per heavy atom. The van der Waals surface area contributed by atoms with Gasteiger partial charge in [0.2, 0.25) is 0 Å². The molecule has 2 nitrogen and oxygen atoms in total. The molecule has 150 valence electrons. The average molecular weight is 363 g/mol. The molecule has 0 rings (SSSR count). The Morgan fingerprint density at radius 2 is 0.962 bits per heavy atom. The molecule has 0 unspecified atom stereocenters. The van der Waals surface area contributed by atoms with Crippen LogP contribution in [0.25, 0.3) is 0 Å². The van der Waals surface area contributed by atoms with Gasteiger partial charge in [-0.3, -0.25) is 4.79 Å². The molecular formula is C24H42O2. The van der Waals surface area contributed by atoms with Crippen molar-refractivity contribution in [2.24, 2.45) is 0 Å². The number of hydrogen-bond acceptors (Lipinski definition) is 1. The number of carbonyl (C=O) groups is 1. The van der Waals surface area contributed by atoms with Gasteiger partial charge in [-0.2, -0.15) is 0 Å². The Bertz CT molecular complexity index is 532. The highest BCUT2D eigenvalue weighted by Gasteiger charge is 2.07. The molecule has 0 aromatic rings. The van der Waals surface area contributed by atoms with Crippen LogP contribution in [0.15, 0.2) is 33.4 Å². The molecule has 0 aromatic heterocycles. The standard InChI is InChI=1S/C24H42O2/c1-8-9-15-18(2)20(4)22(6)23(7)21(5)19(3)16-13-11-10-12-14-17-24(25)26/h8-17H2,1-7H3,(H,25,26)/b20-18-,21-19-,23-22+. The first kappa shape index (κ1) is 24.7. The van der Waals surface area contributed by atoms with Gasteiger partial charge in [0, 0.05) is 6.42 Å². The summed E-state index contributed by atoms with van der Waals surface area (Å²) < 4.78 is 0. The van der Waals surface area contributed by atoms with E-state index >= 15 is 0 Å². The zero-order valence-electron chi connectivity index (χ0n) is 18.4. The van der Waals surface area contributed by atoms with Gasteiger partial charge in [0.05, 0.1) is 0 Å². The summed E-state index contributed by atoms with van der Waals surface area (Å²) in [6, 6.07) is 0. The monoisotopic (exact) mass is 362 g/mol. The minimum Gasteiger partial charge on any atom is -0.481 e. The lowest BCUT2D eigenvalue weighted by Crippen LogP contribution is -1.95. The van der Waals surface area contributed by atoms with Crippen molar-refractivity contribution in [3.05, 3.63) is 33.4 Å². The molecule has 0 atom stereocenters. The van der Waals surface area contributed by atoms with E-state index in [1.807, 2.05) is 0 Å². The van der Waals surface area contributed by atoms with E-state index in [9.17, 15) is 4.79 Å². The Morgan fingerprint density at radius 1 is 0.577 bits per heavy atom. The Balaban J connectivity index is 4.65. The molecule has 0 aliphatic rings. The minimum atomic E-state index is -0.675. The van der Waals surface area contributed by atoms with Gasteiger partial charge in [0.15, 0.2) is 0 Å². The van der Waals surface area contributed by atoms with Crippen LogP contribution in [0.4, 0.5) is 0 Å². The van der Waals surface area contributed by atoms with Gasteiger partial charge in [-0.05, 0) is 95.9 Å². The fourth-order valence-electron chi connectivity index (χ4n) is 3.22. The van der Waals surface area contributed by atoms with Gasteiger partial charge in [0.1, 0.15) is 0 Å². The van der Waals surface area contributed by atoms with Crippen LogP contribution in [0, 0.1) is 0 Å². The molecule has 0 amide bonds. The first-order valence-electron chi connectivity index (χ1n) is 10.4. The zero-order chi connectivity index (χ0) is 20.1. The van der Waals surface area contributed by atoms with Gasteiger partial charge < -0.3 is 5.11 Å². The van der Waals surface area contributed by atoms with Crippen molar-refractivity contribution >= 4 is 5.97 Å². The lowest BCUT2D eigenvalue weighted by Gasteiger charge is -2.15. The number of rotatable bonds is 13. The largest absolute Gasteiger partial charge is 0.481 e. The second-order valence-electron chi connectivity index (χ2n) is 7.83. The molecule has 2 heteroatoms. The summed E-state index contributed by atoms with van der Waals surface area (Å²) in [4.78, 5) is 10.5. The van der Waals surface area contributed by atoms with E-state index in [1.54, 1.807) is 0 Å². The van der Waals surface area contributed by atoms with Gasteiger partial charge in [0.25, 0.3) is 0 Å². The molecule has 0 radical (unpaired) electrons. The lowest BCUT2D eigenvalue weighted by molar-refractivity contribution is -0.137. The van der Waals surface area contributed by atoms with Crippen LogP contribution in [0.5, 0.6) is 0 Å². The molecule has 0 heterocycles. The van der Waals surface area contributed by atoms with Crippen LogP contribution < -0.4 is 0 Å². The first-order valence-corrected chi connectivity index (χ1v) is 10.4. The van der Waals surface area contributed by atoms with Gasteiger partial charge in [-0.1, -0.05) is 43.8 Å². The number of aliphatic carboxylic acids is 1. The number of carboxylic acid groups (broad SMARTS) is 1. The second-order valence-corrected chi connectivity index (χ2v) is 7.83. The third-order valence-electron chi connectivity index (χ3n) is 5.82. The average Bonchev–Trinajstić information content (AvgIpc) is 2.62. The minimum absolute atomic E-state index is 0.311. The highest BCUT2D eigenvalue weighted by Crippen LogP contribution is 2.27. The van der Waals surface area contributed by atoms with Crippen molar-refractivity contribution in [3.8, 4) is 0 Å². The first-order chi connectivity index (χ1) is 12.2. The quantitative estimate of drug-likeness (QED) is 0.266. The molecule has 0 fully saturated rings. The van der Waals surface area contributed by atoms with Crippen LogP contribution >= 0.6 is 0 Å². The van der Waals surface area contributed by atoms with Gasteiger partial charge >= 0.3 is 5.97 Å². The SMILES string of the molecule is CCCC\C(C)=C(C)/C(C)=C(C)/C(C)=C(/C)CCCCCCCC(=O)O. The molecule has 0 aliphatic carbocycles. The molecule has 0 aliphatic heterocycles. The molecule has 0 saturated carbocycles. The number of hydrogen-bond donors (Lipinski definition) is 1. The van der Waals surface area contributed by atoms with E-state index in [2.05, 4.69) is 48.5 Å². The maximum atomic E-state index is 10.5. The molecule has 1 N–H and O–H groups in total. The molecule has 26 heavy (non-hydrogen) atoms. The van der Waals surface area contributed by atoms with Crippen molar-refractivity contribution in [2.45, 2.75) is 113 Å². The fourth-order valence-corrected chi connectivity index (χ4v) is 3.22. The summed E-state index contributed by atoms with van der Waals surface area (Å²) >= 11 is 0. The molecule has 0 aromatic carbocycles. The Kier molecular flexibility index (Phi) is 13.1. The van der Waals surface area contributed by atoms with E-state index in [1.165, 1.54) is 65.5 Å². The highest BCUT2D eigenvalue weighted by atomic mass is 16.4. The smallest absolute Gasteiger partial charge is 0.303 e. The van der Waals surface area contributed by atoms with Crippen LogP contribution in [0.2, 0.25) is 0 Å². The van der Waals surface area contributed by atoms with Crippen molar-refractivity contribution in [1.82, 2.24) is 0 Å². The van der Waals surface area contributed by atoms with Crippen LogP contribution in [0.3, 0.4) is 0 Å². The van der Waals surface area contributed by atoms with Gasteiger partial charge in [-0.25, -0.2) is 0 Å². The summed E-state index contributed by atoms with van der Waals surface area (Å²) in [5.74, 6) is -0.675. The van der Waals surface area contributed by atoms with Crippen LogP contribution in [-0.4, -0.2) is 11.1 Å². The van der Waals surface area contributed by atoms with E-state index in [0.29, 0.717) is 6.42 Å².